The molecule has 0 aliphatic carbocycles. The summed E-state index contributed by atoms with van der Waals surface area (Å²) >= 11 is 8.96. The SMILES string of the molecule is O=C(CSc1nc2ccccc2n1Cc1ccc(Cl)cc1)N/N=C/c1cccs1. The van der Waals surface area contributed by atoms with Gasteiger partial charge in [-0.3, -0.25) is 4.79 Å². The summed E-state index contributed by atoms with van der Waals surface area (Å²) in [5.74, 6) is 0.0547. The lowest BCUT2D eigenvalue weighted by molar-refractivity contribution is -0.118. The van der Waals surface area contributed by atoms with E-state index in [1.807, 2.05) is 66.0 Å². The zero-order chi connectivity index (χ0) is 20.1. The number of carbonyl (C=O) groups excluding carboxylic acids is 1. The van der Waals surface area contributed by atoms with Gasteiger partial charge in [0, 0.05) is 9.90 Å². The molecule has 2 heterocycles. The molecule has 0 radical (unpaired) electrons. The molecule has 146 valence electrons. The van der Waals surface area contributed by atoms with Gasteiger partial charge in [0.2, 0.25) is 0 Å². The number of hydrogen-bond donors (Lipinski definition) is 1. The minimum atomic E-state index is -0.173. The lowest BCUT2D eigenvalue weighted by Crippen LogP contribution is -2.20. The van der Waals surface area contributed by atoms with Crippen LogP contribution in [0.3, 0.4) is 0 Å². The van der Waals surface area contributed by atoms with Gasteiger partial charge in [0.1, 0.15) is 0 Å². The minimum absolute atomic E-state index is 0.173. The predicted octanol–water partition coefficient (Wildman–Crippen LogP) is 5.04. The fraction of sp³-hybridized carbons (Fsp3) is 0.0952. The summed E-state index contributed by atoms with van der Waals surface area (Å²) in [5.41, 5.74) is 5.61. The third-order valence-electron chi connectivity index (χ3n) is 4.13. The van der Waals surface area contributed by atoms with Crippen LogP contribution in [-0.4, -0.2) is 27.4 Å². The van der Waals surface area contributed by atoms with E-state index < -0.39 is 0 Å². The molecule has 0 aliphatic heterocycles. The van der Waals surface area contributed by atoms with Gasteiger partial charge < -0.3 is 4.57 Å². The molecule has 2 aromatic heterocycles. The van der Waals surface area contributed by atoms with Crippen LogP contribution in [0.4, 0.5) is 0 Å². The Morgan fingerprint density at radius 2 is 2.00 bits per heavy atom. The Kier molecular flexibility index (Phi) is 6.29. The number of nitrogens with one attached hydrogen (secondary N) is 1. The van der Waals surface area contributed by atoms with Gasteiger partial charge in [0.05, 0.1) is 29.5 Å². The Labute approximate surface area is 181 Å². The number of hydrazone groups is 1. The number of thiophene rings is 1. The van der Waals surface area contributed by atoms with Gasteiger partial charge in [-0.15, -0.1) is 11.3 Å². The van der Waals surface area contributed by atoms with Crippen LogP contribution < -0.4 is 5.43 Å². The van der Waals surface area contributed by atoms with Crippen molar-refractivity contribution < 1.29 is 4.79 Å². The van der Waals surface area contributed by atoms with E-state index in [2.05, 4.69) is 15.1 Å². The molecular formula is C21H17ClN4OS2. The van der Waals surface area contributed by atoms with Crippen molar-refractivity contribution in [3.8, 4) is 0 Å². The first-order valence-corrected chi connectivity index (χ1v) is 11.1. The van der Waals surface area contributed by atoms with Crippen molar-refractivity contribution in [2.75, 3.05) is 5.75 Å². The molecule has 0 bridgehead atoms. The summed E-state index contributed by atoms with van der Waals surface area (Å²) in [4.78, 5) is 17.9. The topological polar surface area (TPSA) is 59.3 Å². The number of thioether (sulfide) groups is 1. The molecule has 1 N–H and O–H groups in total. The normalized spacial score (nSPS) is 11.3. The summed E-state index contributed by atoms with van der Waals surface area (Å²) in [6.45, 7) is 0.651. The van der Waals surface area contributed by atoms with Crippen molar-refractivity contribution in [2.24, 2.45) is 5.10 Å². The Morgan fingerprint density at radius 3 is 2.79 bits per heavy atom. The van der Waals surface area contributed by atoms with Gasteiger partial charge >= 0.3 is 0 Å². The molecule has 5 nitrogen and oxygen atoms in total. The maximum Gasteiger partial charge on any atom is 0.250 e. The molecule has 0 saturated carbocycles. The molecular weight excluding hydrogens is 424 g/mol. The van der Waals surface area contributed by atoms with Crippen molar-refractivity contribution in [1.82, 2.24) is 15.0 Å². The second-order valence-electron chi connectivity index (χ2n) is 6.19. The van der Waals surface area contributed by atoms with Crippen molar-refractivity contribution in [1.29, 1.82) is 0 Å². The van der Waals surface area contributed by atoms with Gasteiger partial charge in [-0.05, 0) is 41.3 Å². The number of imidazole rings is 1. The van der Waals surface area contributed by atoms with Crippen LogP contribution in [0.15, 0.2) is 76.3 Å². The highest BCUT2D eigenvalue weighted by Gasteiger charge is 2.13. The molecule has 8 heteroatoms. The molecule has 0 atom stereocenters. The first-order valence-electron chi connectivity index (χ1n) is 8.87. The Hall–Kier alpha value is -2.61. The van der Waals surface area contributed by atoms with Crippen LogP contribution in [0, 0.1) is 0 Å². The maximum absolute atomic E-state index is 12.2. The van der Waals surface area contributed by atoms with Crippen molar-refractivity contribution in [2.45, 2.75) is 11.7 Å². The highest BCUT2D eigenvalue weighted by atomic mass is 35.5. The summed E-state index contributed by atoms with van der Waals surface area (Å²) in [7, 11) is 0. The molecule has 4 rings (SSSR count). The fourth-order valence-corrected chi connectivity index (χ4v) is 4.30. The third-order valence-corrected chi connectivity index (χ3v) is 6.17. The predicted molar refractivity (Wildman–Crippen MR) is 121 cm³/mol. The second-order valence-corrected chi connectivity index (χ2v) is 8.55. The number of hydrogen-bond acceptors (Lipinski definition) is 5. The van der Waals surface area contributed by atoms with Crippen LogP contribution in [0.5, 0.6) is 0 Å². The van der Waals surface area contributed by atoms with E-state index >= 15 is 0 Å². The smallest absolute Gasteiger partial charge is 0.250 e. The number of carbonyl (C=O) groups is 1. The van der Waals surface area contributed by atoms with Gasteiger partial charge in [-0.25, -0.2) is 10.4 Å². The number of nitrogens with zero attached hydrogens (tertiary/aromatic N) is 3. The van der Waals surface area contributed by atoms with Gasteiger partial charge in [-0.2, -0.15) is 5.10 Å². The van der Waals surface area contributed by atoms with Crippen LogP contribution in [-0.2, 0) is 11.3 Å². The third kappa shape index (κ3) is 5.06. The number of benzene rings is 2. The molecule has 0 spiro atoms. The average Bonchev–Trinajstić information content (AvgIpc) is 3.36. The fourth-order valence-electron chi connectivity index (χ4n) is 2.78. The average molecular weight is 441 g/mol. The van der Waals surface area contributed by atoms with E-state index in [-0.39, 0.29) is 11.7 Å². The zero-order valence-electron chi connectivity index (χ0n) is 15.3. The second kappa shape index (κ2) is 9.26. The number of halogens is 1. The molecule has 29 heavy (non-hydrogen) atoms. The molecule has 4 aromatic rings. The van der Waals surface area contributed by atoms with Crippen LogP contribution in [0.1, 0.15) is 10.4 Å². The number of amides is 1. The number of fused-ring (bicyclic) bond motifs is 1. The Morgan fingerprint density at radius 1 is 1.17 bits per heavy atom. The molecule has 2 aromatic carbocycles. The van der Waals surface area contributed by atoms with Crippen LogP contribution >= 0.6 is 34.7 Å². The van der Waals surface area contributed by atoms with Crippen LogP contribution in [0.25, 0.3) is 11.0 Å². The summed E-state index contributed by atoms with van der Waals surface area (Å²) < 4.78 is 2.12. The number of rotatable bonds is 7. The molecule has 1 amide bonds. The lowest BCUT2D eigenvalue weighted by Gasteiger charge is -2.09. The van der Waals surface area contributed by atoms with E-state index in [0.717, 1.165) is 26.6 Å². The van der Waals surface area contributed by atoms with Crippen molar-refractivity contribution in [3.05, 3.63) is 81.5 Å². The molecule has 0 fully saturated rings. The standard InChI is InChI=1S/C21H17ClN4OS2/c22-16-9-7-15(8-10-16)13-26-19-6-2-1-5-18(19)24-21(26)29-14-20(27)25-23-12-17-4-3-11-28-17/h1-12H,13-14H2,(H,25,27)/b23-12+. The summed E-state index contributed by atoms with van der Waals surface area (Å²) in [5, 5.41) is 7.46. The Balaban J connectivity index is 1.47. The highest BCUT2D eigenvalue weighted by Crippen LogP contribution is 2.25. The zero-order valence-corrected chi connectivity index (χ0v) is 17.7. The molecule has 0 saturated heterocycles. The van der Waals surface area contributed by atoms with Gasteiger partial charge in [-0.1, -0.05) is 53.7 Å². The quantitative estimate of drug-likeness (QED) is 0.249. The van der Waals surface area contributed by atoms with Gasteiger partial charge in [0.15, 0.2) is 5.16 Å². The summed E-state index contributed by atoms with van der Waals surface area (Å²) in [6, 6.07) is 19.6. The van der Waals surface area contributed by atoms with E-state index in [1.165, 1.54) is 11.8 Å². The lowest BCUT2D eigenvalue weighted by atomic mass is 10.2. The largest absolute Gasteiger partial charge is 0.314 e. The van der Waals surface area contributed by atoms with Crippen LogP contribution in [0.2, 0.25) is 5.02 Å². The minimum Gasteiger partial charge on any atom is -0.314 e. The van der Waals surface area contributed by atoms with E-state index in [9.17, 15) is 4.79 Å². The number of aromatic nitrogens is 2. The molecule has 0 aliphatic rings. The number of para-hydroxylation sites is 2. The maximum atomic E-state index is 12.2. The van der Waals surface area contributed by atoms with E-state index in [0.29, 0.717) is 11.6 Å². The highest BCUT2D eigenvalue weighted by molar-refractivity contribution is 7.99. The van der Waals surface area contributed by atoms with E-state index in [1.54, 1.807) is 17.6 Å². The monoisotopic (exact) mass is 440 g/mol. The first kappa shape index (κ1) is 19.7. The van der Waals surface area contributed by atoms with E-state index in [4.69, 9.17) is 16.6 Å². The Bertz CT molecular complexity index is 1140. The first-order chi connectivity index (χ1) is 14.2. The van der Waals surface area contributed by atoms with Gasteiger partial charge in [0.25, 0.3) is 5.91 Å². The summed E-state index contributed by atoms with van der Waals surface area (Å²) in [6.07, 6.45) is 1.64. The molecule has 0 unspecified atom stereocenters. The van der Waals surface area contributed by atoms with Crippen molar-refractivity contribution >= 4 is 57.9 Å². The van der Waals surface area contributed by atoms with Crippen molar-refractivity contribution in [3.63, 3.8) is 0 Å².